The number of nitrogens with one attached hydrogen (secondary N) is 1. The second kappa shape index (κ2) is 9.19. The Bertz CT molecular complexity index is 813. The van der Waals surface area contributed by atoms with Gasteiger partial charge in [-0.25, -0.2) is 4.39 Å². The van der Waals surface area contributed by atoms with E-state index < -0.39 is 0 Å². The first-order valence-corrected chi connectivity index (χ1v) is 9.79. The molecule has 1 unspecified atom stereocenters. The number of aromatic nitrogens is 2. The Kier molecular flexibility index (Phi) is 6.67. The van der Waals surface area contributed by atoms with Crippen LogP contribution in [-0.4, -0.2) is 59.8 Å². The Hall–Kier alpha value is -2.41. The van der Waals surface area contributed by atoms with E-state index in [1.807, 2.05) is 56.1 Å². The minimum absolute atomic E-state index is 0.153. The molecule has 7 heteroatoms. The van der Waals surface area contributed by atoms with Crippen LogP contribution in [0.15, 0.2) is 35.6 Å². The van der Waals surface area contributed by atoms with E-state index in [9.17, 15) is 4.39 Å². The Morgan fingerprint density at radius 3 is 2.86 bits per heavy atom. The third-order valence-electron chi connectivity index (χ3n) is 5.13. The minimum atomic E-state index is -0.153. The van der Waals surface area contributed by atoms with Gasteiger partial charge in [-0.2, -0.15) is 5.10 Å². The van der Waals surface area contributed by atoms with Crippen molar-refractivity contribution in [3.05, 3.63) is 53.1 Å². The summed E-state index contributed by atoms with van der Waals surface area (Å²) in [6.07, 6.45) is 6.25. The van der Waals surface area contributed by atoms with Gasteiger partial charge in [-0.1, -0.05) is 6.07 Å². The number of likely N-dealkylation sites (tertiary alicyclic amines) is 1. The zero-order valence-electron chi connectivity index (χ0n) is 17.3. The zero-order valence-corrected chi connectivity index (χ0v) is 17.3. The number of hydrogen-bond donors (Lipinski definition) is 1. The van der Waals surface area contributed by atoms with Crippen LogP contribution < -0.4 is 5.32 Å². The van der Waals surface area contributed by atoms with Crippen molar-refractivity contribution in [3.8, 4) is 0 Å². The predicted octanol–water partition coefficient (Wildman–Crippen LogP) is 2.26. The SMILES string of the molecule is CN=C(NCc1ccc(F)c(CN(C)C)c1)N1CCC(Cc2cnn(C)c2)C1. The average molecular weight is 387 g/mol. The molecule has 0 bridgehead atoms. The van der Waals surface area contributed by atoms with Crippen molar-refractivity contribution in [2.24, 2.45) is 18.0 Å². The summed E-state index contributed by atoms with van der Waals surface area (Å²) in [6, 6.07) is 5.33. The molecule has 6 nitrogen and oxygen atoms in total. The van der Waals surface area contributed by atoms with Crippen molar-refractivity contribution >= 4 is 5.96 Å². The summed E-state index contributed by atoms with van der Waals surface area (Å²) in [6.45, 7) is 3.22. The average Bonchev–Trinajstić information content (AvgIpc) is 3.27. The number of guanidine groups is 1. The van der Waals surface area contributed by atoms with Crippen molar-refractivity contribution in [3.63, 3.8) is 0 Å². The van der Waals surface area contributed by atoms with Gasteiger partial charge in [0.25, 0.3) is 0 Å². The lowest BCUT2D eigenvalue weighted by atomic mass is 10.0. The molecule has 0 amide bonds. The second-order valence-electron chi connectivity index (χ2n) is 7.89. The van der Waals surface area contributed by atoms with Gasteiger partial charge in [0.2, 0.25) is 0 Å². The predicted molar refractivity (Wildman–Crippen MR) is 111 cm³/mol. The van der Waals surface area contributed by atoms with Gasteiger partial charge in [0, 0.05) is 52.0 Å². The van der Waals surface area contributed by atoms with Gasteiger partial charge in [0.05, 0.1) is 6.20 Å². The summed E-state index contributed by atoms with van der Waals surface area (Å²) >= 11 is 0. The van der Waals surface area contributed by atoms with Gasteiger partial charge in [-0.15, -0.1) is 0 Å². The number of benzene rings is 1. The number of hydrogen-bond acceptors (Lipinski definition) is 3. The van der Waals surface area contributed by atoms with Crippen LogP contribution in [0, 0.1) is 11.7 Å². The number of aliphatic imine (C=N–C) groups is 1. The third-order valence-corrected chi connectivity index (χ3v) is 5.13. The molecule has 1 atom stereocenters. The standard InChI is InChI=1S/C21H31FN6/c1-23-21(24-11-16-5-6-20(22)19(10-16)15-26(2)3)28-8-7-17(14-28)9-18-12-25-27(4)13-18/h5-6,10,12-13,17H,7-9,11,14-15H2,1-4H3,(H,23,24). The summed E-state index contributed by atoms with van der Waals surface area (Å²) in [5.41, 5.74) is 3.07. The second-order valence-corrected chi connectivity index (χ2v) is 7.89. The number of rotatable bonds is 6. The zero-order chi connectivity index (χ0) is 20.1. The molecule has 1 aliphatic rings. The molecule has 1 fully saturated rings. The molecule has 0 aliphatic carbocycles. The van der Waals surface area contributed by atoms with Crippen LogP contribution >= 0.6 is 0 Å². The maximum atomic E-state index is 14.0. The molecule has 2 heterocycles. The molecule has 28 heavy (non-hydrogen) atoms. The normalized spacial score (nSPS) is 17.6. The smallest absolute Gasteiger partial charge is 0.193 e. The molecule has 1 aromatic heterocycles. The molecule has 1 aromatic carbocycles. The lowest BCUT2D eigenvalue weighted by Crippen LogP contribution is -2.39. The molecular formula is C21H31FN6. The van der Waals surface area contributed by atoms with Gasteiger partial charge >= 0.3 is 0 Å². The number of nitrogens with zero attached hydrogens (tertiary/aromatic N) is 5. The Morgan fingerprint density at radius 1 is 1.36 bits per heavy atom. The fraction of sp³-hybridized carbons (Fsp3) is 0.524. The van der Waals surface area contributed by atoms with Crippen molar-refractivity contribution in [2.75, 3.05) is 34.2 Å². The number of aryl methyl sites for hydroxylation is 1. The molecule has 0 saturated carbocycles. The van der Waals surface area contributed by atoms with Gasteiger partial charge in [0.1, 0.15) is 5.82 Å². The van der Waals surface area contributed by atoms with Crippen LogP contribution in [0.3, 0.4) is 0 Å². The summed E-state index contributed by atoms with van der Waals surface area (Å²) in [7, 11) is 7.66. The summed E-state index contributed by atoms with van der Waals surface area (Å²) in [5, 5.41) is 7.70. The van der Waals surface area contributed by atoms with E-state index in [4.69, 9.17) is 0 Å². The van der Waals surface area contributed by atoms with Gasteiger partial charge in [-0.3, -0.25) is 9.67 Å². The Morgan fingerprint density at radius 2 is 2.18 bits per heavy atom. The molecule has 1 saturated heterocycles. The highest BCUT2D eigenvalue weighted by Crippen LogP contribution is 2.21. The summed E-state index contributed by atoms with van der Waals surface area (Å²) in [4.78, 5) is 8.74. The van der Waals surface area contributed by atoms with Gasteiger partial charge < -0.3 is 15.1 Å². The fourth-order valence-electron chi connectivity index (χ4n) is 3.82. The fourth-order valence-corrected chi connectivity index (χ4v) is 3.82. The monoisotopic (exact) mass is 386 g/mol. The quantitative estimate of drug-likeness (QED) is 0.611. The minimum Gasteiger partial charge on any atom is -0.352 e. The third kappa shape index (κ3) is 5.32. The molecule has 2 aromatic rings. The van der Waals surface area contributed by atoms with Crippen molar-refractivity contribution < 1.29 is 4.39 Å². The Labute approximate surface area is 167 Å². The number of halogens is 1. The first kappa shape index (κ1) is 20.3. The topological polar surface area (TPSA) is 48.7 Å². The van der Waals surface area contributed by atoms with Crippen LogP contribution in [-0.2, 0) is 26.6 Å². The first-order valence-electron chi connectivity index (χ1n) is 9.79. The summed E-state index contributed by atoms with van der Waals surface area (Å²) < 4.78 is 15.8. The molecule has 152 valence electrons. The highest BCUT2D eigenvalue weighted by Gasteiger charge is 2.25. The van der Waals surface area contributed by atoms with Gasteiger partial charge in [0.15, 0.2) is 5.96 Å². The molecular weight excluding hydrogens is 355 g/mol. The van der Waals surface area contributed by atoms with Crippen LogP contribution in [0.1, 0.15) is 23.1 Å². The van der Waals surface area contributed by atoms with Crippen LogP contribution in [0.5, 0.6) is 0 Å². The first-order chi connectivity index (χ1) is 13.4. The van der Waals surface area contributed by atoms with E-state index in [2.05, 4.69) is 26.5 Å². The molecule has 0 radical (unpaired) electrons. The molecule has 1 aliphatic heterocycles. The van der Waals surface area contributed by atoms with E-state index in [-0.39, 0.29) is 5.82 Å². The molecule has 1 N–H and O–H groups in total. The largest absolute Gasteiger partial charge is 0.352 e. The Balaban J connectivity index is 1.55. The van der Waals surface area contributed by atoms with Crippen molar-refractivity contribution in [2.45, 2.75) is 25.9 Å². The lowest BCUT2D eigenvalue weighted by Gasteiger charge is -2.22. The van der Waals surface area contributed by atoms with E-state index in [0.717, 1.165) is 43.0 Å². The van der Waals surface area contributed by atoms with E-state index in [1.165, 1.54) is 5.56 Å². The maximum Gasteiger partial charge on any atom is 0.193 e. The van der Waals surface area contributed by atoms with Crippen LogP contribution in [0.4, 0.5) is 4.39 Å². The van der Waals surface area contributed by atoms with Crippen LogP contribution in [0.25, 0.3) is 0 Å². The van der Waals surface area contributed by atoms with Crippen LogP contribution in [0.2, 0.25) is 0 Å². The molecule has 0 spiro atoms. The van der Waals surface area contributed by atoms with Crippen molar-refractivity contribution in [1.82, 2.24) is 24.9 Å². The van der Waals surface area contributed by atoms with Crippen molar-refractivity contribution in [1.29, 1.82) is 0 Å². The van der Waals surface area contributed by atoms with E-state index in [0.29, 0.717) is 19.0 Å². The van der Waals surface area contributed by atoms with E-state index in [1.54, 1.807) is 6.07 Å². The van der Waals surface area contributed by atoms with Gasteiger partial charge in [-0.05, 0) is 56.1 Å². The maximum absolute atomic E-state index is 14.0. The van der Waals surface area contributed by atoms with E-state index >= 15 is 0 Å². The lowest BCUT2D eigenvalue weighted by molar-refractivity contribution is 0.392. The highest BCUT2D eigenvalue weighted by molar-refractivity contribution is 5.80. The summed E-state index contributed by atoms with van der Waals surface area (Å²) in [5.74, 6) is 1.37. The molecule has 3 rings (SSSR count). The highest BCUT2D eigenvalue weighted by atomic mass is 19.1.